The lowest BCUT2D eigenvalue weighted by Crippen LogP contribution is -2.28. The van der Waals surface area contributed by atoms with E-state index in [1.807, 2.05) is 32.2 Å². The number of carbonyl (C=O) groups excluding carboxylic acids is 1. The molecule has 3 rings (SSSR count). The molecule has 0 aliphatic rings. The van der Waals surface area contributed by atoms with E-state index in [0.29, 0.717) is 16.0 Å². The van der Waals surface area contributed by atoms with E-state index < -0.39 is 0 Å². The van der Waals surface area contributed by atoms with Gasteiger partial charge in [0.25, 0.3) is 0 Å². The van der Waals surface area contributed by atoms with Gasteiger partial charge in [0, 0.05) is 17.6 Å². The fraction of sp³-hybridized carbons (Fsp3) is 0.211. The smallest absolute Gasteiger partial charge is 0.230 e. The first-order valence-corrected chi connectivity index (χ1v) is 9.63. The molecule has 1 amide bonds. The number of thioether (sulfide) groups is 1. The largest absolute Gasteiger partial charge is 0.349 e. The quantitative estimate of drug-likeness (QED) is 0.624. The van der Waals surface area contributed by atoms with Crippen molar-refractivity contribution < 1.29 is 9.18 Å². The number of aromatic nitrogens is 3. The van der Waals surface area contributed by atoms with Crippen molar-refractivity contribution in [2.75, 3.05) is 5.75 Å². The minimum atomic E-state index is -0.305. The Morgan fingerprint density at radius 1 is 1.26 bits per heavy atom. The molecule has 0 fully saturated rings. The van der Waals surface area contributed by atoms with Crippen LogP contribution in [0.2, 0.25) is 5.02 Å². The van der Waals surface area contributed by atoms with Gasteiger partial charge in [-0.05, 0) is 48.9 Å². The molecule has 0 saturated carbocycles. The fourth-order valence-electron chi connectivity index (χ4n) is 2.56. The van der Waals surface area contributed by atoms with E-state index in [-0.39, 0.29) is 23.5 Å². The predicted octanol–water partition coefficient (Wildman–Crippen LogP) is 4.24. The second-order valence-corrected chi connectivity index (χ2v) is 7.38. The Hall–Kier alpha value is -2.38. The number of benzene rings is 2. The van der Waals surface area contributed by atoms with Crippen LogP contribution in [0.15, 0.2) is 53.7 Å². The van der Waals surface area contributed by atoms with E-state index in [1.54, 1.807) is 22.8 Å². The van der Waals surface area contributed by atoms with E-state index in [2.05, 4.69) is 15.5 Å². The van der Waals surface area contributed by atoms with Gasteiger partial charge >= 0.3 is 0 Å². The van der Waals surface area contributed by atoms with Gasteiger partial charge in [0.15, 0.2) is 11.0 Å². The molecule has 3 aromatic rings. The van der Waals surface area contributed by atoms with Gasteiger partial charge in [0.05, 0.1) is 11.8 Å². The highest BCUT2D eigenvalue weighted by atomic mass is 35.5. The summed E-state index contributed by atoms with van der Waals surface area (Å²) in [4.78, 5) is 12.2. The zero-order chi connectivity index (χ0) is 19.4. The van der Waals surface area contributed by atoms with Crippen molar-refractivity contribution in [2.24, 2.45) is 7.05 Å². The van der Waals surface area contributed by atoms with Gasteiger partial charge in [0.2, 0.25) is 5.91 Å². The lowest BCUT2D eigenvalue weighted by Gasteiger charge is -2.14. The van der Waals surface area contributed by atoms with Crippen molar-refractivity contribution in [1.82, 2.24) is 20.1 Å². The lowest BCUT2D eigenvalue weighted by molar-refractivity contribution is -0.119. The van der Waals surface area contributed by atoms with Crippen molar-refractivity contribution in [3.63, 3.8) is 0 Å². The van der Waals surface area contributed by atoms with E-state index in [0.717, 1.165) is 11.1 Å². The minimum Gasteiger partial charge on any atom is -0.349 e. The number of nitrogens with zero attached hydrogens (tertiary/aromatic N) is 3. The van der Waals surface area contributed by atoms with Crippen LogP contribution in [-0.4, -0.2) is 26.4 Å². The maximum Gasteiger partial charge on any atom is 0.230 e. The predicted molar refractivity (Wildman–Crippen MR) is 105 cm³/mol. The standard InChI is InChI=1S/C19H18ClFN4OS/c1-12(14-4-3-5-15(20)10-14)22-17(26)11-27-19-24-23-18(25(19)2)13-6-8-16(21)9-7-13/h3-10,12H,11H2,1-2H3,(H,22,26)/t12-/m1/s1. The van der Waals surface area contributed by atoms with Crippen molar-refractivity contribution >= 4 is 29.3 Å². The maximum atomic E-state index is 13.1. The summed E-state index contributed by atoms with van der Waals surface area (Å²) >= 11 is 7.28. The molecule has 0 saturated heterocycles. The lowest BCUT2D eigenvalue weighted by atomic mass is 10.1. The summed E-state index contributed by atoms with van der Waals surface area (Å²) in [5.74, 6) is 0.408. The van der Waals surface area contributed by atoms with Gasteiger partial charge in [0.1, 0.15) is 5.82 Å². The van der Waals surface area contributed by atoms with Crippen LogP contribution in [0, 0.1) is 5.82 Å². The van der Waals surface area contributed by atoms with E-state index >= 15 is 0 Å². The van der Waals surface area contributed by atoms with Crippen LogP contribution in [0.4, 0.5) is 4.39 Å². The van der Waals surface area contributed by atoms with Crippen molar-refractivity contribution in [3.05, 3.63) is 64.9 Å². The molecular weight excluding hydrogens is 387 g/mol. The van der Waals surface area contributed by atoms with Crippen LogP contribution < -0.4 is 5.32 Å². The summed E-state index contributed by atoms with van der Waals surface area (Å²) in [6.45, 7) is 1.91. The first kappa shape index (κ1) is 19.4. The molecule has 0 radical (unpaired) electrons. The summed E-state index contributed by atoms with van der Waals surface area (Å²) in [6, 6.07) is 13.3. The van der Waals surface area contributed by atoms with Gasteiger partial charge in [-0.15, -0.1) is 10.2 Å². The molecule has 140 valence electrons. The van der Waals surface area contributed by atoms with E-state index in [4.69, 9.17) is 11.6 Å². The summed E-state index contributed by atoms with van der Waals surface area (Å²) in [6.07, 6.45) is 0. The first-order valence-electron chi connectivity index (χ1n) is 8.27. The molecule has 1 heterocycles. The van der Waals surface area contributed by atoms with Crippen LogP contribution >= 0.6 is 23.4 Å². The first-order chi connectivity index (χ1) is 12.9. The van der Waals surface area contributed by atoms with Crippen LogP contribution in [0.3, 0.4) is 0 Å². The summed E-state index contributed by atoms with van der Waals surface area (Å²) in [5.41, 5.74) is 1.70. The molecule has 1 atom stereocenters. The third-order valence-electron chi connectivity index (χ3n) is 4.00. The zero-order valence-corrected chi connectivity index (χ0v) is 16.4. The third kappa shape index (κ3) is 4.87. The van der Waals surface area contributed by atoms with Crippen LogP contribution in [0.25, 0.3) is 11.4 Å². The van der Waals surface area contributed by atoms with Crippen LogP contribution in [0.1, 0.15) is 18.5 Å². The van der Waals surface area contributed by atoms with Gasteiger partial charge in [-0.2, -0.15) is 0 Å². The number of nitrogens with one attached hydrogen (secondary N) is 1. The summed E-state index contributed by atoms with van der Waals surface area (Å²) in [7, 11) is 1.81. The molecule has 0 unspecified atom stereocenters. The molecule has 8 heteroatoms. The molecule has 0 spiro atoms. The van der Waals surface area contributed by atoms with Gasteiger partial charge in [-0.1, -0.05) is 35.5 Å². The molecule has 1 N–H and O–H groups in total. The Balaban J connectivity index is 1.60. The monoisotopic (exact) mass is 404 g/mol. The van der Waals surface area contributed by atoms with Crippen molar-refractivity contribution in [3.8, 4) is 11.4 Å². The van der Waals surface area contributed by atoms with E-state index in [9.17, 15) is 9.18 Å². The Bertz CT molecular complexity index is 945. The number of hydrogen-bond donors (Lipinski definition) is 1. The highest BCUT2D eigenvalue weighted by molar-refractivity contribution is 7.99. The highest BCUT2D eigenvalue weighted by Crippen LogP contribution is 2.23. The Morgan fingerprint density at radius 3 is 2.70 bits per heavy atom. The molecule has 1 aromatic heterocycles. The Labute approximate surface area is 166 Å². The molecular formula is C19H18ClFN4OS. The maximum absolute atomic E-state index is 13.1. The third-order valence-corrected chi connectivity index (χ3v) is 5.25. The van der Waals surface area contributed by atoms with Crippen LogP contribution in [-0.2, 0) is 11.8 Å². The number of amides is 1. The molecule has 27 heavy (non-hydrogen) atoms. The molecule has 0 bridgehead atoms. The Kier molecular flexibility index (Phi) is 6.13. The number of hydrogen-bond acceptors (Lipinski definition) is 4. The van der Waals surface area contributed by atoms with Crippen molar-refractivity contribution in [1.29, 1.82) is 0 Å². The Morgan fingerprint density at radius 2 is 2.00 bits per heavy atom. The molecule has 2 aromatic carbocycles. The minimum absolute atomic E-state index is 0.112. The zero-order valence-electron chi connectivity index (χ0n) is 14.8. The van der Waals surface area contributed by atoms with Gasteiger partial charge in [-0.25, -0.2) is 4.39 Å². The normalized spacial score (nSPS) is 12.0. The summed E-state index contributed by atoms with van der Waals surface area (Å²) < 4.78 is 14.9. The molecule has 0 aliphatic heterocycles. The molecule has 5 nitrogen and oxygen atoms in total. The number of halogens is 2. The van der Waals surface area contributed by atoms with Gasteiger partial charge in [-0.3, -0.25) is 4.79 Å². The van der Waals surface area contributed by atoms with Crippen LogP contribution in [0.5, 0.6) is 0 Å². The fourth-order valence-corrected chi connectivity index (χ4v) is 3.48. The highest BCUT2D eigenvalue weighted by Gasteiger charge is 2.15. The van der Waals surface area contributed by atoms with Crippen molar-refractivity contribution in [2.45, 2.75) is 18.1 Å². The van der Waals surface area contributed by atoms with E-state index in [1.165, 1.54) is 23.9 Å². The topological polar surface area (TPSA) is 59.8 Å². The summed E-state index contributed by atoms with van der Waals surface area (Å²) in [5, 5.41) is 12.4. The second-order valence-electron chi connectivity index (χ2n) is 6.00. The second kappa shape index (κ2) is 8.54. The molecule has 0 aliphatic carbocycles. The van der Waals surface area contributed by atoms with Gasteiger partial charge < -0.3 is 9.88 Å². The number of carbonyl (C=O) groups is 1. The SMILES string of the molecule is C[C@@H](NC(=O)CSc1nnc(-c2ccc(F)cc2)n1C)c1cccc(Cl)c1. The average Bonchev–Trinajstić information content (AvgIpc) is 3.01. The average molecular weight is 405 g/mol. The number of rotatable bonds is 6.